The Hall–Kier alpha value is -0.540. The lowest BCUT2D eigenvalue weighted by molar-refractivity contribution is 0.167. The van der Waals surface area contributed by atoms with Crippen molar-refractivity contribution in [2.45, 2.75) is 25.9 Å². The smallest absolute Gasteiger partial charge is 0.0906 e. The molecular formula is C9H17NO2. The Kier molecular flexibility index (Phi) is 4.11. The van der Waals surface area contributed by atoms with Crippen molar-refractivity contribution in [2.24, 2.45) is 0 Å². The number of nitrogens with one attached hydrogen (secondary N) is 1. The van der Waals surface area contributed by atoms with Crippen molar-refractivity contribution < 1.29 is 9.84 Å². The topological polar surface area (TPSA) is 41.5 Å². The van der Waals surface area contributed by atoms with Gasteiger partial charge in [0.2, 0.25) is 0 Å². The van der Waals surface area contributed by atoms with Gasteiger partial charge in [-0.2, -0.15) is 0 Å². The van der Waals surface area contributed by atoms with E-state index in [1.165, 1.54) is 0 Å². The lowest BCUT2D eigenvalue weighted by atomic mass is 10.0. The van der Waals surface area contributed by atoms with Crippen LogP contribution in [0.2, 0.25) is 0 Å². The molecule has 1 aliphatic heterocycles. The summed E-state index contributed by atoms with van der Waals surface area (Å²) in [7, 11) is 0. The Morgan fingerprint density at radius 1 is 1.75 bits per heavy atom. The normalized spacial score (nSPS) is 19.7. The van der Waals surface area contributed by atoms with Crippen molar-refractivity contribution in [3.8, 4) is 0 Å². The number of ether oxygens (including phenoxy) is 1. The minimum absolute atomic E-state index is 0.370. The van der Waals surface area contributed by atoms with Gasteiger partial charge >= 0.3 is 0 Å². The molecule has 1 rings (SSSR count). The molecule has 3 nitrogen and oxygen atoms in total. The fourth-order valence-electron chi connectivity index (χ4n) is 1.24. The average Bonchev–Trinajstić information content (AvgIpc) is 2.15. The highest BCUT2D eigenvalue weighted by Crippen LogP contribution is 2.14. The molecule has 0 bridgehead atoms. The van der Waals surface area contributed by atoms with Crippen LogP contribution in [0.25, 0.3) is 0 Å². The third-order valence-corrected chi connectivity index (χ3v) is 1.98. The molecule has 3 heteroatoms. The Morgan fingerprint density at radius 2 is 2.58 bits per heavy atom. The summed E-state index contributed by atoms with van der Waals surface area (Å²) in [5.41, 5.74) is 1.02. The Balaban J connectivity index is 2.29. The second-order valence-electron chi connectivity index (χ2n) is 2.99. The summed E-state index contributed by atoms with van der Waals surface area (Å²) < 4.78 is 5.13. The fraction of sp³-hybridized carbons (Fsp3) is 0.778. The first-order chi connectivity index (χ1) is 5.84. The standard InChI is InChI=1S/C9H17NO2/c1-2-10-6-9(11)8-4-3-5-12-7-8/h7,9-11H,2-6H2,1H3. The Morgan fingerprint density at radius 3 is 3.17 bits per heavy atom. The summed E-state index contributed by atoms with van der Waals surface area (Å²) in [6, 6.07) is 0. The van der Waals surface area contributed by atoms with E-state index in [9.17, 15) is 5.11 Å². The van der Waals surface area contributed by atoms with Gasteiger partial charge in [-0.3, -0.25) is 0 Å². The van der Waals surface area contributed by atoms with E-state index in [0.717, 1.165) is 31.6 Å². The molecule has 0 aliphatic carbocycles. The molecule has 0 aromatic carbocycles. The van der Waals surface area contributed by atoms with Crippen molar-refractivity contribution in [2.75, 3.05) is 19.7 Å². The maximum absolute atomic E-state index is 9.59. The third kappa shape index (κ3) is 2.83. The van der Waals surface area contributed by atoms with Crippen LogP contribution >= 0.6 is 0 Å². The predicted molar refractivity (Wildman–Crippen MR) is 47.8 cm³/mol. The fourth-order valence-corrected chi connectivity index (χ4v) is 1.24. The number of rotatable bonds is 4. The van der Waals surface area contributed by atoms with Gasteiger partial charge in [0.25, 0.3) is 0 Å². The monoisotopic (exact) mass is 171 g/mol. The summed E-state index contributed by atoms with van der Waals surface area (Å²) in [6.45, 7) is 4.34. The van der Waals surface area contributed by atoms with Gasteiger partial charge in [-0.15, -0.1) is 0 Å². The van der Waals surface area contributed by atoms with Crippen molar-refractivity contribution in [1.29, 1.82) is 0 Å². The van der Waals surface area contributed by atoms with Gasteiger partial charge in [-0.05, 0) is 25.0 Å². The van der Waals surface area contributed by atoms with E-state index in [2.05, 4.69) is 5.32 Å². The maximum Gasteiger partial charge on any atom is 0.0906 e. The van der Waals surface area contributed by atoms with Crippen LogP contribution in [0.15, 0.2) is 11.8 Å². The van der Waals surface area contributed by atoms with Crippen LogP contribution in [0.3, 0.4) is 0 Å². The average molecular weight is 171 g/mol. The second-order valence-corrected chi connectivity index (χ2v) is 2.99. The van der Waals surface area contributed by atoms with Gasteiger partial charge in [-0.25, -0.2) is 0 Å². The Labute approximate surface area is 73.4 Å². The highest BCUT2D eigenvalue weighted by molar-refractivity contribution is 5.07. The third-order valence-electron chi connectivity index (χ3n) is 1.98. The summed E-state index contributed by atoms with van der Waals surface area (Å²) in [6.07, 6.45) is 3.32. The van der Waals surface area contributed by atoms with Crippen molar-refractivity contribution in [3.05, 3.63) is 11.8 Å². The summed E-state index contributed by atoms with van der Waals surface area (Å²) >= 11 is 0. The van der Waals surface area contributed by atoms with E-state index < -0.39 is 0 Å². The predicted octanol–water partition coefficient (Wildman–Crippen LogP) is 0.651. The van der Waals surface area contributed by atoms with E-state index >= 15 is 0 Å². The molecular weight excluding hydrogens is 154 g/mol. The Bertz CT molecular complexity index is 157. The zero-order valence-corrected chi connectivity index (χ0v) is 7.55. The van der Waals surface area contributed by atoms with E-state index in [-0.39, 0.29) is 6.10 Å². The van der Waals surface area contributed by atoms with Gasteiger partial charge in [-0.1, -0.05) is 6.92 Å². The minimum atomic E-state index is -0.370. The molecule has 2 N–H and O–H groups in total. The molecule has 12 heavy (non-hydrogen) atoms. The largest absolute Gasteiger partial charge is 0.501 e. The molecule has 1 aliphatic rings. The molecule has 0 saturated carbocycles. The number of aliphatic hydroxyl groups is 1. The number of hydrogen-bond donors (Lipinski definition) is 2. The molecule has 1 atom stereocenters. The molecule has 1 unspecified atom stereocenters. The SMILES string of the molecule is CCNCC(O)C1=COCCC1. The minimum Gasteiger partial charge on any atom is -0.501 e. The first-order valence-electron chi connectivity index (χ1n) is 4.54. The molecule has 0 radical (unpaired) electrons. The van der Waals surface area contributed by atoms with Gasteiger partial charge in [0.1, 0.15) is 0 Å². The van der Waals surface area contributed by atoms with E-state index in [1.807, 2.05) is 6.92 Å². The van der Waals surface area contributed by atoms with Gasteiger partial charge in [0.05, 0.1) is 19.0 Å². The van der Waals surface area contributed by atoms with Crippen LogP contribution in [0.1, 0.15) is 19.8 Å². The zero-order chi connectivity index (χ0) is 8.81. The lowest BCUT2D eigenvalue weighted by Crippen LogP contribution is -2.29. The van der Waals surface area contributed by atoms with Crippen LogP contribution in [-0.2, 0) is 4.74 Å². The quantitative estimate of drug-likeness (QED) is 0.652. The van der Waals surface area contributed by atoms with Crippen LogP contribution in [0.5, 0.6) is 0 Å². The molecule has 0 amide bonds. The number of hydrogen-bond acceptors (Lipinski definition) is 3. The first-order valence-corrected chi connectivity index (χ1v) is 4.54. The van der Waals surface area contributed by atoms with Gasteiger partial charge < -0.3 is 15.2 Å². The zero-order valence-electron chi connectivity index (χ0n) is 7.55. The molecule has 0 fully saturated rings. The van der Waals surface area contributed by atoms with Crippen LogP contribution < -0.4 is 5.32 Å². The highest BCUT2D eigenvalue weighted by Gasteiger charge is 2.12. The first kappa shape index (κ1) is 9.55. The molecule has 0 aromatic rings. The molecule has 70 valence electrons. The summed E-state index contributed by atoms with van der Waals surface area (Å²) in [5.74, 6) is 0. The summed E-state index contributed by atoms with van der Waals surface area (Å²) in [4.78, 5) is 0. The number of likely N-dealkylation sites (N-methyl/N-ethyl adjacent to an activating group) is 1. The van der Waals surface area contributed by atoms with Gasteiger partial charge in [0.15, 0.2) is 0 Å². The molecule has 0 saturated heterocycles. The van der Waals surface area contributed by atoms with Crippen molar-refractivity contribution >= 4 is 0 Å². The highest BCUT2D eigenvalue weighted by atomic mass is 16.5. The van der Waals surface area contributed by atoms with E-state index in [1.54, 1.807) is 6.26 Å². The van der Waals surface area contributed by atoms with Crippen LogP contribution in [0, 0.1) is 0 Å². The molecule has 0 spiro atoms. The van der Waals surface area contributed by atoms with Gasteiger partial charge in [0, 0.05) is 6.54 Å². The van der Waals surface area contributed by atoms with E-state index in [4.69, 9.17) is 4.74 Å². The maximum atomic E-state index is 9.59. The molecule has 0 aromatic heterocycles. The second kappa shape index (κ2) is 5.17. The molecule has 1 heterocycles. The van der Waals surface area contributed by atoms with Crippen LogP contribution in [-0.4, -0.2) is 30.9 Å². The van der Waals surface area contributed by atoms with Crippen molar-refractivity contribution in [3.63, 3.8) is 0 Å². The summed E-state index contributed by atoms with van der Waals surface area (Å²) in [5, 5.41) is 12.7. The van der Waals surface area contributed by atoms with Crippen LogP contribution in [0.4, 0.5) is 0 Å². The number of aliphatic hydroxyl groups excluding tert-OH is 1. The van der Waals surface area contributed by atoms with E-state index in [0.29, 0.717) is 6.54 Å². The van der Waals surface area contributed by atoms with Crippen molar-refractivity contribution in [1.82, 2.24) is 5.32 Å². The lowest BCUT2D eigenvalue weighted by Gasteiger charge is -2.18.